The summed E-state index contributed by atoms with van der Waals surface area (Å²) in [6, 6.07) is 5.63. The van der Waals surface area contributed by atoms with Gasteiger partial charge in [0.1, 0.15) is 5.82 Å². The van der Waals surface area contributed by atoms with Crippen LogP contribution >= 0.6 is 11.8 Å². The van der Waals surface area contributed by atoms with Gasteiger partial charge in [0.05, 0.1) is 0 Å². The van der Waals surface area contributed by atoms with Crippen LogP contribution in [-0.4, -0.2) is 17.5 Å². The Labute approximate surface area is 120 Å². The quantitative estimate of drug-likeness (QED) is 0.855. The van der Waals surface area contributed by atoms with Gasteiger partial charge in [-0.05, 0) is 44.6 Å². The highest BCUT2D eigenvalue weighted by Crippen LogP contribution is 2.35. The molecule has 106 valence electrons. The number of rotatable bonds is 5. The van der Waals surface area contributed by atoms with Crippen molar-refractivity contribution in [2.75, 3.05) is 12.3 Å². The minimum atomic E-state index is -0.0645. The van der Waals surface area contributed by atoms with Gasteiger partial charge in [-0.2, -0.15) is 11.8 Å². The molecule has 1 fully saturated rings. The molecule has 0 spiro atoms. The summed E-state index contributed by atoms with van der Waals surface area (Å²) in [6.07, 6.45) is 4.86. The van der Waals surface area contributed by atoms with Crippen LogP contribution in [-0.2, 0) is 0 Å². The van der Waals surface area contributed by atoms with Crippen molar-refractivity contribution in [1.29, 1.82) is 0 Å². The molecule has 0 amide bonds. The maximum absolute atomic E-state index is 14.2. The molecule has 2 atom stereocenters. The molecule has 3 heteroatoms. The van der Waals surface area contributed by atoms with Crippen molar-refractivity contribution in [2.45, 2.75) is 50.8 Å². The molecular weight excluding hydrogens is 257 g/mol. The molecule has 0 aromatic heterocycles. The third-order valence-corrected chi connectivity index (χ3v) is 5.15. The number of aryl methyl sites for hydroxylation is 1. The molecule has 1 saturated heterocycles. The number of hydrogen-bond donors (Lipinski definition) is 1. The van der Waals surface area contributed by atoms with Crippen LogP contribution in [0.3, 0.4) is 0 Å². The highest BCUT2D eigenvalue weighted by atomic mass is 32.2. The van der Waals surface area contributed by atoms with Crippen molar-refractivity contribution in [1.82, 2.24) is 5.32 Å². The number of halogens is 1. The number of nitrogens with one attached hydrogen (secondary N) is 1. The summed E-state index contributed by atoms with van der Waals surface area (Å²) in [5.74, 6) is 1.15. The Morgan fingerprint density at radius 3 is 2.95 bits per heavy atom. The van der Waals surface area contributed by atoms with Gasteiger partial charge in [0, 0.05) is 16.9 Å². The highest BCUT2D eigenvalue weighted by Gasteiger charge is 2.27. The Kier molecular flexibility index (Phi) is 5.71. The maximum Gasteiger partial charge on any atom is 0.128 e. The van der Waals surface area contributed by atoms with Gasteiger partial charge in [-0.25, -0.2) is 4.39 Å². The third-order valence-electron chi connectivity index (χ3n) is 3.69. The second-order valence-corrected chi connectivity index (χ2v) is 6.71. The summed E-state index contributed by atoms with van der Waals surface area (Å²) in [5.41, 5.74) is 1.99. The van der Waals surface area contributed by atoms with E-state index in [-0.39, 0.29) is 11.9 Å². The van der Waals surface area contributed by atoms with Crippen LogP contribution in [0.4, 0.5) is 4.39 Å². The normalized spacial score (nSPS) is 21.3. The van der Waals surface area contributed by atoms with Crippen molar-refractivity contribution in [2.24, 2.45) is 0 Å². The lowest BCUT2D eigenvalue weighted by Crippen LogP contribution is -2.33. The SMILES string of the molecule is CCCNC(c1cc(C)ccc1F)C1CCCCS1. The zero-order chi connectivity index (χ0) is 13.7. The van der Waals surface area contributed by atoms with Crippen molar-refractivity contribution in [3.05, 3.63) is 35.1 Å². The first-order valence-electron chi connectivity index (χ1n) is 7.33. The fraction of sp³-hybridized carbons (Fsp3) is 0.625. The average Bonchev–Trinajstić information content (AvgIpc) is 2.44. The molecular formula is C16H24FNS. The van der Waals surface area contributed by atoms with E-state index in [4.69, 9.17) is 0 Å². The molecule has 2 unspecified atom stereocenters. The summed E-state index contributed by atoms with van der Waals surface area (Å²) in [4.78, 5) is 0. The first-order valence-corrected chi connectivity index (χ1v) is 8.38. The van der Waals surface area contributed by atoms with Gasteiger partial charge in [0.15, 0.2) is 0 Å². The monoisotopic (exact) mass is 281 g/mol. The molecule has 1 aromatic carbocycles. The molecule has 0 saturated carbocycles. The third kappa shape index (κ3) is 3.96. The van der Waals surface area contributed by atoms with E-state index in [1.54, 1.807) is 6.07 Å². The maximum atomic E-state index is 14.2. The molecule has 19 heavy (non-hydrogen) atoms. The van der Waals surface area contributed by atoms with Gasteiger partial charge in [-0.3, -0.25) is 0 Å². The lowest BCUT2D eigenvalue weighted by atomic mass is 9.97. The van der Waals surface area contributed by atoms with Gasteiger partial charge in [-0.15, -0.1) is 0 Å². The number of thioether (sulfide) groups is 1. The summed E-state index contributed by atoms with van der Waals surface area (Å²) >= 11 is 2.00. The molecule has 2 rings (SSSR count). The fourth-order valence-corrected chi connectivity index (χ4v) is 4.11. The van der Waals surface area contributed by atoms with Crippen molar-refractivity contribution in [3.63, 3.8) is 0 Å². The molecule has 1 aliphatic heterocycles. The predicted octanol–water partition coefficient (Wildman–Crippen LogP) is 4.46. The van der Waals surface area contributed by atoms with Crippen LogP contribution in [0.5, 0.6) is 0 Å². The Hall–Kier alpha value is -0.540. The molecule has 1 aromatic rings. The molecule has 0 bridgehead atoms. The standard InChI is InChI=1S/C16H24FNS/c1-3-9-18-16(15-6-4-5-10-19-15)13-11-12(2)7-8-14(13)17/h7-8,11,15-16,18H,3-6,9-10H2,1-2H3. The molecule has 0 radical (unpaired) electrons. The highest BCUT2D eigenvalue weighted by molar-refractivity contribution is 8.00. The van der Waals surface area contributed by atoms with E-state index in [0.29, 0.717) is 5.25 Å². The van der Waals surface area contributed by atoms with Crippen molar-refractivity contribution < 1.29 is 4.39 Å². The van der Waals surface area contributed by atoms with Crippen LogP contribution in [0.2, 0.25) is 0 Å². The van der Waals surface area contributed by atoms with E-state index >= 15 is 0 Å². The number of hydrogen-bond acceptors (Lipinski definition) is 2. The zero-order valence-electron chi connectivity index (χ0n) is 11.9. The molecule has 1 N–H and O–H groups in total. The Bertz CT molecular complexity index is 402. The van der Waals surface area contributed by atoms with Gasteiger partial charge >= 0.3 is 0 Å². The second kappa shape index (κ2) is 7.30. The van der Waals surface area contributed by atoms with E-state index in [0.717, 1.165) is 24.1 Å². The van der Waals surface area contributed by atoms with Crippen LogP contribution in [0.15, 0.2) is 18.2 Å². The fourth-order valence-electron chi connectivity index (χ4n) is 2.67. The van der Waals surface area contributed by atoms with Crippen molar-refractivity contribution >= 4 is 11.8 Å². The van der Waals surface area contributed by atoms with Gasteiger partial charge < -0.3 is 5.32 Å². The first kappa shape index (κ1) is 14.9. The summed E-state index contributed by atoms with van der Waals surface area (Å²) in [6.45, 7) is 5.15. The number of benzene rings is 1. The van der Waals surface area contributed by atoms with E-state index in [1.165, 1.54) is 25.0 Å². The zero-order valence-corrected chi connectivity index (χ0v) is 12.7. The molecule has 1 heterocycles. The Balaban J connectivity index is 2.22. The first-order chi connectivity index (χ1) is 9.22. The van der Waals surface area contributed by atoms with Gasteiger partial charge in [0.2, 0.25) is 0 Å². The van der Waals surface area contributed by atoms with Gasteiger partial charge in [-0.1, -0.05) is 31.0 Å². The minimum absolute atomic E-state index is 0.0645. The predicted molar refractivity (Wildman–Crippen MR) is 82.3 cm³/mol. The van der Waals surface area contributed by atoms with Crippen molar-refractivity contribution in [3.8, 4) is 0 Å². The van der Waals surface area contributed by atoms with Gasteiger partial charge in [0.25, 0.3) is 0 Å². The minimum Gasteiger partial charge on any atom is -0.309 e. The lowest BCUT2D eigenvalue weighted by Gasteiger charge is -2.31. The summed E-state index contributed by atoms with van der Waals surface area (Å²) in [5, 5.41) is 4.07. The second-order valence-electron chi connectivity index (χ2n) is 5.36. The topological polar surface area (TPSA) is 12.0 Å². The van der Waals surface area contributed by atoms with E-state index < -0.39 is 0 Å². The van der Waals surface area contributed by atoms with E-state index in [1.807, 2.05) is 30.8 Å². The van der Waals surface area contributed by atoms with Crippen LogP contribution < -0.4 is 5.32 Å². The Morgan fingerprint density at radius 1 is 1.42 bits per heavy atom. The Morgan fingerprint density at radius 2 is 2.26 bits per heavy atom. The van der Waals surface area contributed by atoms with Crippen LogP contribution in [0.25, 0.3) is 0 Å². The molecule has 1 aliphatic rings. The summed E-state index contributed by atoms with van der Waals surface area (Å²) < 4.78 is 14.2. The molecule has 1 nitrogen and oxygen atoms in total. The summed E-state index contributed by atoms with van der Waals surface area (Å²) in [7, 11) is 0. The lowest BCUT2D eigenvalue weighted by molar-refractivity contribution is 0.459. The largest absolute Gasteiger partial charge is 0.309 e. The average molecular weight is 281 g/mol. The smallest absolute Gasteiger partial charge is 0.128 e. The van der Waals surface area contributed by atoms with Crippen LogP contribution in [0, 0.1) is 12.7 Å². The van der Waals surface area contributed by atoms with Crippen LogP contribution in [0.1, 0.15) is 49.8 Å². The molecule has 0 aliphatic carbocycles. The van der Waals surface area contributed by atoms with E-state index in [9.17, 15) is 4.39 Å². The van der Waals surface area contributed by atoms with E-state index in [2.05, 4.69) is 12.2 Å².